The molecule has 1 aromatic heterocycles. The molecule has 0 radical (unpaired) electrons. The zero-order valence-corrected chi connectivity index (χ0v) is 24.2. The SMILES string of the molecule is COC(=O)[C@H]1CC[C@H](OC[C@@H]2C[C@H](F)CN2C(=O)Cc2cc(Cl)c(NC(=O)c3c4ccccc4nn3C)cc2F)CC1. The van der Waals surface area contributed by atoms with Crippen molar-refractivity contribution in [2.45, 2.75) is 56.8 Å². The zero-order chi connectivity index (χ0) is 30.0. The Kier molecular flexibility index (Phi) is 9.08. The maximum absolute atomic E-state index is 15.2. The topological polar surface area (TPSA) is 103 Å². The number of carbonyl (C=O) groups is 3. The molecule has 0 unspecified atom stereocenters. The number of nitrogens with zero attached hydrogens (tertiary/aromatic N) is 3. The fraction of sp³-hybridized carbons (Fsp3) is 0.467. The Labute approximate surface area is 247 Å². The molecule has 0 bridgehead atoms. The normalized spacial score (nSPS) is 22.4. The van der Waals surface area contributed by atoms with Crippen molar-refractivity contribution in [3.05, 3.63) is 58.5 Å². The highest BCUT2D eigenvalue weighted by atomic mass is 35.5. The Hall–Kier alpha value is -3.57. The fourth-order valence-corrected chi connectivity index (χ4v) is 6.12. The van der Waals surface area contributed by atoms with Crippen molar-refractivity contribution in [2.24, 2.45) is 13.0 Å². The first-order valence-electron chi connectivity index (χ1n) is 14.0. The van der Waals surface area contributed by atoms with Crippen molar-refractivity contribution in [1.82, 2.24) is 14.7 Å². The van der Waals surface area contributed by atoms with Crippen LogP contribution in [0.4, 0.5) is 14.5 Å². The van der Waals surface area contributed by atoms with Crippen LogP contribution < -0.4 is 5.32 Å². The molecule has 1 aliphatic heterocycles. The lowest BCUT2D eigenvalue weighted by Crippen LogP contribution is -2.40. The number of benzene rings is 2. The van der Waals surface area contributed by atoms with E-state index in [1.165, 1.54) is 22.8 Å². The lowest BCUT2D eigenvalue weighted by atomic mass is 9.87. The van der Waals surface area contributed by atoms with Crippen LogP contribution >= 0.6 is 11.6 Å². The molecule has 2 heterocycles. The second-order valence-corrected chi connectivity index (χ2v) is 11.3. The highest BCUT2D eigenvalue weighted by molar-refractivity contribution is 6.34. The van der Waals surface area contributed by atoms with Crippen LogP contribution in [0.2, 0.25) is 5.02 Å². The van der Waals surface area contributed by atoms with E-state index < -0.39 is 29.8 Å². The molecule has 1 N–H and O–H groups in total. The molecular weight excluding hydrogens is 570 g/mol. The van der Waals surface area contributed by atoms with Gasteiger partial charge in [-0.1, -0.05) is 29.8 Å². The van der Waals surface area contributed by atoms with E-state index in [1.807, 2.05) is 6.07 Å². The molecule has 5 rings (SSSR count). The number of halogens is 3. The van der Waals surface area contributed by atoms with Gasteiger partial charge in [0.15, 0.2) is 0 Å². The van der Waals surface area contributed by atoms with E-state index in [1.54, 1.807) is 25.2 Å². The van der Waals surface area contributed by atoms with Crippen LogP contribution in [-0.2, 0) is 32.5 Å². The molecule has 2 aliphatic rings. The maximum atomic E-state index is 15.2. The first kappa shape index (κ1) is 29.9. The number of methoxy groups -OCH3 is 1. The lowest BCUT2D eigenvalue weighted by molar-refractivity contribution is -0.148. The van der Waals surface area contributed by atoms with Crippen LogP contribution in [0.5, 0.6) is 0 Å². The molecule has 3 aromatic rings. The third-order valence-electron chi connectivity index (χ3n) is 8.10. The molecule has 2 aromatic carbocycles. The number of aromatic nitrogens is 2. The van der Waals surface area contributed by atoms with Gasteiger partial charge in [-0.15, -0.1) is 0 Å². The van der Waals surface area contributed by atoms with Gasteiger partial charge >= 0.3 is 5.97 Å². The summed E-state index contributed by atoms with van der Waals surface area (Å²) in [5.41, 5.74) is 1.03. The van der Waals surface area contributed by atoms with Crippen LogP contribution in [0.15, 0.2) is 36.4 Å². The number of carbonyl (C=O) groups excluding carboxylic acids is 3. The largest absolute Gasteiger partial charge is 0.469 e. The summed E-state index contributed by atoms with van der Waals surface area (Å²) in [6, 6.07) is 9.06. The molecule has 2 fully saturated rings. The summed E-state index contributed by atoms with van der Waals surface area (Å²) in [6.45, 7) is 0.0701. The summed E-state index contributed by atoms with van der Waals surface area (Å²) in [5, 5.41) is 7.65. The lowest BCUT2D eigenvalue weighted by Gasteiger charge is -2.30. The quantitative estimate of drug-likeness (QED) is 0.370. The molecule has 1 saturated heterocycles. The van der Waals surface area contributed by atoms with Gasteiger partial charge in [0.1, 0.15) is 17.7 Å². The van der Waals surface area contributed by atoms with Crippen molar-refractivity contribution in [1.29, 1.82) is 0 Å². The Morgan fingerprint density at radius 2 is 1.88 bits per heavy atom. The van der Waals surface area contributed by atoms with Crippen molar-refractivity contribution in [3.8, 4) is 0 Å². The maximum Gasteiger partial charge on any atom is 0.308 e. The minimum atomic E-state index is -1.20. The van der Waals surface area contributed by atoms with E-state index >= 15 is 4.39 Å². The van der Waals surface area contributed by atoms with Crippen molar-refractivity contribution in [3.63, 3.8) is 0 Å². The third kappa shape index (κ3) is 6.42. The van der Waals surface area contributed by atoms with Crippen LogP contribution in [0.3, 0.4) is 0 Å². The summed E-state index contributed by atoms with van der Waals surface area (Å²) in [7, 11) is 3.02. The molecule has 2 atom stereocenters. The molecule has 1 saturated carbocycles. The van der Waals surface area contributed by atoms with Gasteiger partial charge in [-0.25, -0.2) is 8.78 Å². The predicted octanol–water partition coefficient (Wildman–Crippen LogP) is 4.85. The van der Waals surface area contributed by atoms with Gasteiger partial charge in [-0.3, -0.25) is 19.1 Å². The van der Waals surface area contributed by atoms with Gasteiger partial charge in [-0.05, 0) is 49.4 Å². The van der Waals surface area contributed by atoms with Crippen molar-refractivity contribution < 1.29 is 32.6 Å². The number of amides is 2. The number of likely N-dealkylation sites (tertiary alicyclic amines) is 1. The second kappa shape index (κ2) is 12.7. The number of fused-ring (bicyclic) bond motifs is 1. The minimum Gasteiger partial charge on any atom is -0.469 e. The highest BCUT2D eigenvalue weighted by Crippen LogP contribution is 2.31. The van der Waals surface area contributed by atoms with Gasteiger partial charge in [0.25, 0.3) is 5.91 Å². The van der Waals surface area contributed by atoms with Gasteiger partial charge in [0.05, 0.1) is 61.0 Å². The second-order valence-electron chi connectivity index (χ2n) is 10.9. The van der Waals surface area contributed by atoms with E-state index in [2.05, 4.69) is 10.4 Å². The standard InChI is InChI=1S/C30H33ClF2N4O5/c1-36-28(22-5-3-4-6-25(22)35-36)29(39)34-26-14-24(33)18(11-23(26)31)12-27(38)37-15-19(32)13-20(37)16-42-21-9-7-17(8-10-21)30(40)41-2/h3-6,11,14,17,19-21H,7-10,12-13,15-16H2,1-2H3,(H,34,39)/t17-,19-,20-,21-/m0/s1. The number of hydrogen-bond acceptors (Lipinski definition) is 6. The van der Waals surface area contributed by atoms with Crippen LogP contribution in [0.1, 0.15) is 48.2 Å². The summed E-state index contributed by atoms with van der Waals surface area (Å²) >= 11 is 6.40. The molecule has 224 valence electrons. The average molecular weight is 603 g/mol. The minimum absolute atomic E-state index is 0.0390. The number of ether oxygens (including phenoxy) is 2. The number of alkyl halides is 1. The molecule has 42 heavy (non-hydrogen) atoms. The number of esters is 1. The van der Waals surface area contributed by atoms with Crippen LogP contribution in [0, 0.1) is 11.7 Å². The smallest absolute Gasteiger partial charge is 0.308 e. The van der Waals surface area contributed by atoms with Gasteiger partial charge in [0.2, 0.25) is 5.91 Å². The number of anilines is 1. The average Bonchev–Trinajstić information content (AvgIpc) is 3.52. The monoisotopic (exact) mass is 602 g/mol. The summed E-state index contributed by atoms with van der Waals surface area (Å²) in [6.07, 6.45) is 1.22. The Balaban J connectivity index is 1.20. The molecule has 1 aliphatic carbocycles. The first-order valence-corrected chi connectivity index (χ1v) is 14.4. The summed E-state index contributed by atoms with van der Waals surface area (Å²) in [4.78, 5) is 39.4. The Bertz CT molecular complexity index is 1490. The van der Waals surface area contributed by atoms with Gasteiger partial charge < -0.3 is 19.7 Å². The van der Waals surface area contributed by atoms with Gasteiger partial charge in [-0.2, -0.15) is 5.10 Å². The highest BCUT2D eigenvalue weighted by Gasteiger charge is 2.37. The van der Waals surface area contributed by atoms with E-state index in [4.69, 9.17) is 21.1 Å². The molecule has 0 spiro atoms. The Morgan fingerprint density at radius 3 is 2.62 bits per heavy atom. The first-order chi connectivity index (χ1) is 20.1. The van der Waals surface area contributed by atoms with Crippen molar-refractivity contribution >= 4 is 46.0 Å². The zero-order valence-electron chi connectivity index (χ0n) is 23.4. The van der Waals surface area contributed by atoms with Crippen LogP contribution in [-0.4, -0.2) is 71.0 Å². The molecular formula is C30H33ClF2N4O5. The number of nitrogens with one attached hydrogen (secondary N) is 1. The van der Waals surface area contributed by atoms with E-state index in [0.29, 0.717) is 42.3 Å². The molecule has 9 nitrogen and oxygen atoms in total. The van der Waals surface area contributed by atoms with E-state index in [0.717, 1.165) is 6.07 Å². The number of aryl methyl sites for hydroxylation is 1. The van der Waals surface area contributed by atoms with E-state index in [-0.39, 0.29) is 60.3 Å². The third-order valence-corrected chi connectivity index (χ3v) is 8.41. The Morgan fingerprint density at radius 1 is 1.14 bits per heavy atom. The van der Waals surface area contributed by atoms with Gasteiger partial charge in [0, 0.05) is 18.9 Å². The number of hydrogen-bond donors (Lipinski definition) is 1. The van der Waals surface area contributed by atoms with Crippen LogP contribution in [0.25, 0.3) is 10.9 Å². The number of rotatable bonds is 8. The fourth-order valence-electron chi connectivity index (χ4n) is 5.88. The summed E-state index contributed by atoms with van der Waals surface area (Å²) in [5.74, 6) is -2.02. The molecule has 2 amide bonds. The molecule has 12 heteroatoms. The predicted molar refractivity (Wildman–Crippen MR) is 153 cm³/mol. The van der Waals surface area contributed by atoms with E-state index in [9.17, 15) is 18.8 Å². The van der Waals surface area contributed by atoms with Crippen molar-refractivity contribution in [2.75, 3.05) is 25.6 Å². The summed E-state index contributed by atoms with van der Waals surface area (Å²) < 4.78 is 41.8.